The summed E-state index contributed by atoms with van der Waals surface area (Å²) in [6.45, 7) is 7.25. The Labute approximate surface area is 103 Å². The molecule has 1 aliphatic rings. The van der Waals surface area contributed by atoms with E-state index in [1.54, 1.807) is 0 Å². The van der Waals surface area contributed by atoms with Crippen molar-refractivity contribution < 1.29 is 14.6 Å². The van der Waals surface area contributed by atoms with Crippen molar-refractivity contribution >= 4 is 5.91 Å². The Kier molecular flexibility index (Phi) is 6.47. The standard InChI is InChI=1S/C12H24N2O3/c1-10(2)3-4-13-12(16)7-14-5-6-17-9-11(14)8-15/h10-11,15H,3-9H2,1-2H3,(H,13,16). The van der Waals surface area contributed by atoms with Gasteiger partial charge in [-0.2, -0.15) is 0 Å². The summed E-state index contributed by atoms with van der Waals surface area (Å²) in [6, 6.07) is -0.0420. The molecular weight excluding hydrogens is 220 g/mol. The lowest BCUT2D eigenvalue weighted by molar-refractivity contribution is -0.125. The number of nitrogens with zero attached hydrogens (tertiary/aromatic N) is 1. The van der Waals surface area contributed by atoms with Gasteiger partial charge in [-0.1, -0.05) is 13.8 Å². The van der Waals surface area contributed by atoms with Gasteiger partial charge in [0.2, 0.25) is 5.91 Å². The van der Waals surface area contributed by atoms with Crippen molar-refractivity contribution in [1.29, 1.82) is 0 Å². The lowest BCUT2D eigenvalue weighted by Gasteiger charge is -2.33. The predicted molar refractivity (Wildman–Crippen MR) is 65.7 cm³/mol. The van der Waals surface area contributed by atoms with Crippen LogP contribution in [0.4, 0.5) is 0 Å². The maximum Gasteiger partial charge on any atom is 0.234 e. The number of ether oxygens (including phenoxy) is 1. The van der Waals surface area contributed by atoms with E-state index in [-0.39, 0.29) is 18.6 Å². The molecule has 1 unspecified atom stereocenters. The highest BCUT2D eigenvalue weighted by Gasteiger charge is 2.23. The van der Waals surface area contributed by atoms with E-state index in [4.69, 9.17) is 9.84 Å². The molecule has 0 saturated carbocycles. The Morgan fingerprint density at radius 3 is 3.00 bits per heavy atom. The van der Waals surface area contributed by atoms with Crippen LogP contribution in [0.3, 0.4) is 0 Å². The van der Waals surface area contributed by atoms with E-state index in [1.165, 1.54) is 0 Å². The number of hydrogen-bond acceptors (Lipinski definition) is 4. The zero-order chi connectivity index (χ0) is 12.7. The number of hydrogen-bond donors (Lipinski definition) is 2. The van der Waals surface area contributed by atoms with E-state index in [9.17, 15) is 4.79 Å². The van der Waals surface area contributed by atoms with Crippen LogP contribution in [-0.2, 0) is 9.53 Å². The van der Waals surface area contributed by atoms with Crippen LogP contribution >= 0.6 is 0 Å². The van der Waals surface area contributed by atoms with Gasteiger partial charge >= 0.3 is 0 Å². The van der Waals surface area contributed by atoms with E-state index in [0.717, 1.165) is 13.0 Å². The van der Waals surface area contributed by atoms with Gasteiger partial charge in [-0.15, -0.1) is 0 Å². The molecule has 1 atom stereocenters. The molecule has 1 aliphatic heterocycles. The van der Waals surface area contributed by atoms with Crippen LogP contribution in [0.1, 0.15) is 20.3 Å². The average Bonchev–Trinajstić information content (AvgIpc) is 2.29. The fourth-order valence-electron chi connectivity index (χ4n) is 1.81. The highest BCUT2D eigenvalue weighted by molar-refractivity contribution is 5.78. The highest BCUT2D eigenvalue weighted by atomic mass is 16.5. The molecular formula is C12H24N2O3. The summed E-state index contributed by atoms with van der Waals surface area (Å²) in [5, 5.41) is 12.1. The van der Waals surface area contributed by atoms with Gasteiger partial charge in [-0.3, -0.25) is 9.69 Å². The summed E-state index contributed by atoms with van der Waals surface area (Å²) in [5.41, 5.74) is 0. The first-order valence-corrected chi connectivity index (χ1v) is 6.32. The zero-order valence-corrected chi connectivity index (χ0v) is 10.8. The van der Waals surface area contributed by atoms with Gasteiger partial charge in [0, 0.05) is 13.1 Å². The quantitative estimate of drug-likeness (QED) is 0.682. The largest absolute Gasteiger partial charge is 0.395 e. The zero-order valence-electron chi connectivity index (χ0n) is 10.8. The van der Waals surface area contributed by atoms with E-state index in [2.05, 4.69) is 19.2 Å². The van der Waals surface area contributed by atoms with Crippen molar-refractivity contribution in [2.45, 2.75) is 26.3 Å². The average molecular weight is 244 g/mol. The normalized spacial score (nSPS) is 21.8. The summed E-state index contributed by atoms with van der Waals surface area (Å²) in [6.07, 6.45) is 0.998. The van der Waals surface area contributed by atoms with Crippen LogP contribution in [0.2, 0.25) is 0 Å². The molecule has 0 spiro atoms. The van der Waals surface area contributed by atoms with Crippen molar-refractivity contribution in [3.8, 4) is 0 Å². The van der Waals surface area contributed by atoms with E-state index in [1.807, 2.05) is 4.90 Å². The van der Waals surface area contributed by atoms with Crippen LogP contribution in [0.5, 0.6) is 0 Å². The van der Waals surface area contributed by atoms with Crippen molar-refractivity contribution in [1.82, 2.24) is 10.2 Å². The SMILES string of the molecule is CC(C)CCNC(=O)CN1CCOCC1CO. The van der Waals surface area contributed by atoms with Crippen molar-refractivity contribution in [2.24, 2.45) is 5.92 Å². The van der Waals surface area contributed by atoms with Crippen LogP contribution in [0.15, 0.2) is 0 Å². The van der Waals surface area contributed by atoms with E-state index in [0.29, 0.717) is 32.2 Å². The molecule has 0 aromatic rings. The van der Waals surface area contributed by atoms with E-state index < -0.39 is 0 Å². The third-order valence-corrected chi connectivity index (χ3v) is 2.95. The lowest BCUT2D eigenvalue weighted by Crippen LogP contribution is -2.51. The van der Waals surface area contributed by atoms with Crippen LogP contribution in [-0.4, -0.2) is 61.4 Å². The molecule has 5 nitrogen and oxygen atoms in total. The van der Waals surface area contributed by atoms with E-state index >= 15 is 0 Å². The summed E-state index contributed by atoms with van der Waals surface area (Å²) >= 11 is 0. The molecule has 1 saturated heterocycles. The van der Waals surface area contributed by atoms with Crippen LogP contribution < -0.4 is 5.32 Å². The van der Waals surface area contributed by atoms with Gasteiger partial charge in [-0.05, 0) is 12.3 Å². The number of morpholine rings is 1. The molecule has 1 rings (SSSR count). The van der Waals surface area contributed by atoms with Crippen LogP contribution in [0, 0.1) is 5.92 Å². The second kappa shape index (κ2) is 7.63. The summed E-state index contributed by atoms with van der Waals surface area (Å²) in [7, 11) is 0. The summed E-state index contributed by atoms with van der Waals surface area (Å²) in [5.74, 6) is 0.634. The maximum atomic E-state index is 11.7. The Morgan fingerprint density at radius 2 is 2.35 bits per heavy atom. The Morgan fingerprint density at radius 1 is 1.59 bits per heavy atom. The number of carbonyl (C=O) groups excluding carboxylic acids is 1. The summed E-state index contributed by atoms with van der Waals surface area (Å²) in [4.78, 5) is 13.7. The fraction of sp³-hybridized carbons (Fsp3) is 0.917. The number of amides is 1. The molecule has 100 valence electrons. The molecule has 1 amide bonds. The highest BCUT2D eigenvalue weighted by Crippen LogP contribution is 2.05. The van der Waals surface area contributed by atoms with Gasteiger partial charge in [0.15, 0.2) is 0 Å². The number of rotatable bonds is 6. The van der Waals surface area contributed by atoms with Gasteiger partial charge in [0.1, 0.15) is 0 Å². The number of aliphatic hydroxyl groups excluding tert-OH is 1. The number of nitrogens with one attached hydrogen (secondary N) is 1. The number of aliphatic hydroxyl groups is 1. The second-order valence-electron chi connectivity index (χ2n) is 4.91. The van der Waals surface area contributed by atoms with Gasteiger partial charge < -0.3 is 15.2 Å². The summed E-state index contributed by atoms with van der Waals surface area (Å²) < 4.78 is 5.26. The molecule has 1 heterocycles. The molecule has 0 aromatic heterocycles. The minimum Gasteiger partial charge on any atom is -0.395 e. The third kappa shape index (κ3) is 5.48. The molecule has 0 bridgehead atoms. The number of carbonyl (C=O) groups is 1. The first-order chi connectivity index (χ1) is 8.13. The van der Waals surface area contributed by atoms with Gasteiger partial charge in [0.25, 0.3) is 0 Å². The fourth-order valence-corrected chi connectivity index (χ4v) is 1.81. The Balaban J connectivity index is 2.24. The maximum absolute atomic E-state index is 11.7. The molecule has 0 aliphatic carbocycles. The first kappa shape index (κ1) is 14.4. The topological polar surface area (TPSA) is 61.8 Å². The van der Waals surface area contributed by atoms with Crippen molar-refractivity contribution in [2.75, 3.05) is 39.5 Å². The Hall–Kier alpha value is -0.650. The molecule has 5 heteroatoms. The van der Waals surface area contributed by atoms with Crippen molar-refractivity contribution in [3.05, 3.63) is 0 Å². The lowest BCUT2D eigenvalue weighted by atomic mass is 10.1. The molecule has 1 fully saturated rings. The Bertz CT molecular complexity index is 234. The third-order valence-electron chi connectivity index (χ3n) is 2.95. The molecule has 17 heavy (non-hydrogen) atoms. The van der Waals surface area contributed by atoms with Crippen molar-refractivity contribution in [3.63, 3.8) is 0 Å². The monoisotopic (exact) mass is 244 g/mol. The second-order valence-corrected chi connectivity index (χ2v) is 4.91. The molecule has 0 aromatic carbocycles. The molecule has 2 N–H and O–H groups in total. The molecule has 0 radical (unpaired) electrons. The van der Waals surface area contributed by atoms with Gasteiger partial charge in [-0.25, -0.2) is 0 Å². The minimum atomic E-state index is -0.0420. The van der Waals surface area contributed by atoms with Gasteiger partial charge in [0.05, 0.1) is 32.4 Å². The smallest absolute Gasteiger partial charge is 0.234 e. The predicted octanol–water partition coefficient (Wildman–Crippen LogP) is -0.158. The minimum absolute atomic E-state index is 0.0333. The van der Waals surface area contributed by atoms with Crippen LogP contribution in [0.25, 0.3) is 0 Å². The first-order valence-electron chi connectivity index (χ1n) is 6.32.